The van der Waals surface area contributed by atoms with Gasteiger partial charge in [-0.15, -0.1) is 0 Å². The minimum absolute atomic E-state index is 0.182. The Bertz CT molecular complexity index is 612. The molecule has 0 spiro atoms. The molecule has 17 heavy (non-hydrogen) atoms. The van der Waals surface area contributed by atoms with E-state index < -0.39 is 9.84 Å². The summed E-state index contributed by atoms with van der Waals surface area (Å²) in [6, 6.07) is 11.0. The van der Waals surface area contributed by atoms with Gasteiger partial charge in [0.05, 0.1) is 0 Å². The van der Waals surface area contributed by atoms with Gasteiger partial charge in [0.1, 0.15) is 5.82 Å². The summed E-state index contributed by atoms with van der Waals surface area (Å²) in [4.78, 5) is 7.64. The fourth-order valence-electron chi connectivity index (χ4n) is 1.26. The number of nitrogens with zero attached hydrogens (tertiary/aromatic N) is 2. The summed E-state index contributed by atoms with van der Waals surface area (Å²) in [6.07, 6.45) is 2.49. The van der Waals surface area contributed by atoms with Gasteiger partial charge in [-0.1, -0.05) is 18.2 Å². The Morgan fingerprint density at radius 1 is 1.12 bits per heavy atom. The number of nitrogens with one attached hydrogen (secondary N) is 1. The van der Waals surface area contributed by atoms with Crippen LogP contribution in [0.4, 0.5) is 11.5 Å². The zero-order valence-electron chi connectivity index (χ0n) is 9.16. The molecule has 0 bridgehead atoms. The van der Waals surface area contributed by atoms with E-state index in [1.54, 1.807) is 6.07 Å². The summed E-state index contributed by atoms with van der Waals surface area (Å²) < 4.78 is 22.6. The van der Waals surface area contributed by atoms with E-state index in [-0.39, 0.29) is 5.16 Å². The van der Waals surface area contributed by atoms with Crippen molar-refractivity contribution in [1.82, 2.24) is 9.97 Å². The van der Waals surface area contributed by atoms with Crippen LogP contribution in [-0.2, 0) is 9.84 Å². The Labute approximate surface area is 99.5 Å². The average molecular weight is 249 g/mol. The van der Waals surface area contributed by atoms with Crippen molar-refractivity contribution in [2.75, 3.05) is 11.6 Å². The lowest BCUT2D eigenvalue weighted by Crippen LogP contribution is -2.05. The van der Waals surface area contributed by atoms with Crippen molar-refractivity contribution in [1.29, 1.82) is 0 Å². The molecular formula is C11H11N3O2S. The molecule has 1 aromatic heterocycles. The molecule has 2 aromatic rings. The molecule has 0 saturated carbocycles. The van der Waals surface area contributed by atoms with Crippen LogP contribution >= 0.6 is 0 Å². The quantitative estimate of drug-likeness (QED) is 0.837. The van der Waals surface area contributed by atoms with Crippen molar-refractivity contribution in [3.8, 4) is 0 Å². The molecular weight excluding hydrogens is 238 g/mol. The van der Waals surface area contributed by atoms with Crippen LogP contribution < -0.4 is 5.32 Å². The number of hydrogen-bond donors (Lipinski definition) is 1. The molecule has 1 heterocycles. The third kappa shape index (κ3) is 3.01. The number of rotatable bonds is 3. The van der Waals surface area contributed by atoms with E-state index in [9.17, 15) is 8.42 Å². The van der Waals surface area contributed by atoms with Crippen molar-refractivity contribution < 1.29 is 8.42 Å². The highest BCUT2D eigenvalue weighted by Gasteiger charge is 2.10. The van der Waals surface area contributed by atoms with E-state index in [0.29, 0.717) is 5.82 Å². The first-order valence-electron chi connectivity index (χ1n) is 4.91. The Morgan fingerprint density at radius 3 is 2.47 bits per heavy atom. The molecule has 0 aliphatic carbocycles. The summed E-state index contributed by atoms with van der Waals surface area (Å²) in [5.74, 6) is 0.451. The molecule has 0 atom stereocenters. The standard InChI is InChI=1S/C11H11N3O2S/c1-17(15,16)11-12-8-7-10(14-11)13-9-5-3-2-4-6-9/h2-8H,1H3,(H,12,13,14). The molecule has 0 aliphatic heterocycles. The van der Waals surface area contributed by atoms with E-state index in [4.69, 9.17) is 0 Å². The van der Waals surface area contributed by atoms with Gasteiger partial charge in [0.15, 0.2) is 0 Å². The number of para-hydroxylation sites is 1. The van der Waals surface area contributed by atoms with Gasteiger partial charge in [-0.2, -0.15) is 0 Å². The largest absolute Gasteiger partial charge is 0.340 e. The van der Waals surface area contributed by atoms with Crippen LogP contribution in [0.1, 0.15) is 0 Å². The van der Waals surface area contributed by atoms with Gasteiger partial charge in [0.2, 0.25) is 15.0 Å². The number of anilines is 2. The fourth-order valence-corrected chi connectivity index (χ4v) is 1.77. The Kier molecular flexibility index (Phi) is 3.06. The lowest BCUT2D eigenvalue weighted by atomic mass is 10.3. The molecule has 0 aliphatic rings. The maximum Gasteiger partial charge on any atom is 0.248 e. The second-order valence-electron chi connectivity index (χ2n) is 3.49. The number of benzene rings is 1. The molecule has 0 amide bonds. The third-order valence-electron chi connectivity index (χ3n) is 2.01. The molecule has 5 nitrogen and oxygen atoms in total. The highest BCUT2D eigenvalue weighted by molar-refractivity contribution is 7.90. The van der Waals surface area contributed by atoms with Gasteiger partial charge in [-0.3, -0.25) is 0 Å². The number of hydrogen-bond acceptors (Lipinski definition) is 5. The van der Waals surface area contributed by atoms with Gasteiger partial charge in [0.25, 0.3) is 0 Å². The zero-order valence-corrected chi connectivity index (χ0v) is 9.98. The van der Waals surface area contributed by atoms with Crippen molar-refractivity contribution in [3.63, 3.8) is 0 Å². The van der Waals surface area contributed by atoms with E-state index in [2.05, 4.69) is 15.3 Å². The first kappa shape index (κ1) is 11.5. The maximum atomic E-state index is 11.3. The van der Waals surface area contributed by atoms with Gasteiger partial charge in [-0.05, 0) is 18.2 Å². The van der Waals surface area contributed by atoms with Gasteiger partial charge in [-0.25, -0.2) is 18.4 Å². The van der Waals surface area contributed by atoms with Crippen molar-refractivity contribution in [3.05, 3.63) is 42.6 Å². The van der Waals surface area contributed by atoms with E-state index >= 15 is 0 Å². The van der Waals surface area contributed by atoms with Crippen LogP contribution in [0, 0.1) is 0 Å². The van der Waals surface area contributed by atoms with E-state index in [1.165, 1.54) is 6.20 Å². The van der Waals surface area contributed by atoms with Crippen molar-refractivity contribution in [2.45, 2.75) is 5.16 Å². The second-order valence-corrected chi connectivity index (χ2v) is 5.40. The minimum Gasteiger partial charge on any atom is -0.340 e. The first-order chi connectivity index (χ1) is 8.05. The molecule has 1 N–H and O–H groups in total. The molecule has 1 aromatic carbocycles. The van der Waals surface area contributed by atoms with Crippen LogP contribution in [0.3, 0.4) is 0 Å². The third-order valence-corrected chi connectivity index (χ3v) is 2.87. The van der Waals surface area contributed by atoms with Crippen LogP contribution in [0.15, 0.2) is 47.8 Å². The van der Waals surface area contributed by atoms with Crippen LogP contribution in [0.5, 0.6) is 0 Å². The summed E-state index contributed by atoms with van der Waals surface area (Å²) in [5, 5.41) is 2.82. The van der Waals surface area contributed by atoms with Gasteiger partial charge >= 0.3 is 0 Å². The highest BCUT2D eigenvalue weighted by Crippen LogP contribution is 2.14. The lowest BCUT2D eigenvalue weighted by molar-refractivity contribution is 0.593. The van der Waals surface area contributed by atoms with Gasteiger partial charge < -0.3 is 5.32 Å². The van der Waals surface area contributed by atoms with E-state index in [0.717, 1.165) is 11.9 Å². The molecule has 0 saturated heterocycles. The predicted octanol–water partition coefficient (Wildman–Crippen LogP) is 1.62. The average Bonchev–Trinajstić information content (AvgIpc) is 2.29. The lowest BCUT2D eigenvalue weighted by Gasteiger charge is -2.05. The van der Waals surface area contributed by atoms with Crippen LogP contribution in [0.2, 0.25) is 0 Å². The van der Waals surface area contributed by atoms with Crippen molar-refractivity contribution in [2.24, 2.45) is 0 Å². The molecule has 6 heteroatoms. The Morgan fingerprint density at radius 2 is 1.82 bits per heavy atom. The van der Waals surface area contributed by atoms with Crippen LogP contribution in [-0.4, -0.2) is 24.6 Å². The second kappa shape index (κ2) is 4.50. The SMILES string of the molecule is CS(=O)(=O)c1nccc(Nc2ccccc2)n1. The molecule has 0 unspecified atom stereocenters. The first-order valence-corrected chi connectivity index (χ1v) is 6.80. The normalized spacial score (nSPS) is 11.1. The van der Waals surface area contributed by atoms with Crippen molar-refractivity contribution >= 4 is 21.3 Å². The smallest absolute Gasteiger partial charge is 0.248 e. The topological polar surface area (TPSA) is 72.0 Å². The monoisotopic (exact) mass is 249 g/mol. The van der Waals surface area contributed by atoms with Gasteiger partial charge in [0, 0.05) is 18.1 Å². The molecule has 0 radical (unpaired) electrons. The summed E-state index contributed by atoms with van der Waals surface area (Å²) in [6.45, 7) is 0. The summed E-state index contributed by atoms with van der Waals surface area (Å²) in [5.41, 5.74) is 0.839. The Hall–Kier alpha value is -1.95. The number of sulfone groups is 1. The molecule has 88 valence electrons. The van der Waals surface area contributed by atoms with Crippen LogP contribution in [0.25, 0.3) is 0 Å². The number of aromatic nitrogens is 2. The van der Waals surface area contributed by atoms with E-state index in [1.807, 2.05) is 30.3 Å². The predicted molar refractivity (Wildman–Crippen MR) is 64.9 cm³/mol. The highest BCUT2D eigenvalue weighted by atomic mass is 32.2. The zero-order chi connectivity index (χ0) is 12.3. The Balaban J connectivity index is 2.29. The fraction of sp³-hybridized carbons (Fsp3) is 0.0909. The summed E-state index contributed by atoms with van der Waals surface area (Å²) in [7, 11) is -3.38. The minimum atomic E-state index is -3.38. The molecule has 0 fully saturated rings. The maximum absolute atomic E-state index is 11.3. The summed E-state index contributed by atoms with van der Waals surface area (Å²) >= 11 is 0. The molecule has 2 rings (SSSR count).